The van der Waals surface area contributed by atoms with E-state index in [9.17, 15) is 10.1 Å². The molecule has 7 heteroatoms. The van der Waals surface area contributed by atoms with E-state index in [4.69, 9.17) is 10.5 Å². The highest BCUT2D eigenvalue weighted by Crippen LogP contribution is 2.54. The number of nitriles is 1. The molecule has 0 aliphatic carbocycles. The highest BCUT2D eigenvalue weighted by Gasteiger charge is 2.58. The fraction of sp³-hybridized carbons (Fsp3) is 0.136. The first-order valence-electron chi connectivity index (χ1n) is 9.14. The number of nitrogens with zero attached hydrogens (tertiary/aromatic N) is 3. The molecule has 3 aromatic rings. The number of carbonyl (C=O) groups excluding carboxylic acids is 1. The maximum Gasteiger partial charge on any atom is 0.245 e. The van der Waals surface area contributed by atoms with Crippen molar-refractivity contribution in [3.63, 3.8) is 0 Å². The number of para-hydroxylation sites is 1. The third kappa shape index (κ3) is 2.05. The lowest BCUT2D eigenvalue weighted by Gasteiger charge is -2.32. The van der Waals surface area contributed by atoms with E-state index in [2.05, 4.69) is 16.5 Å². The Hall–Kier alpha value is -4.05. The Balaban J connectivity index is 1.91. The van der Waals surface area contributed by atoms with Gasteiger partial charge in [0.2, 0.25) is 17.7 Å². The number of ether oxygens (including phenoxy) is 1. The van der Waals surface area contributed by atoms with Crippen LogP contribution in [0.4, 0.5) is 5.69 Å². The minimum atomic E-state index is -1.40. The summed E-state index contributed by atoms with van der Waals surface area (Å²) in [6, 6.07) is 17.2. The second-order valence-electron chi connectivity index (χ2n) is 7.22. The molecule has 2 aliphatic rings. The predicted octanol–water partition coefficient (Wildman–Crippen LogP) is 2.81. The quantitative estimate of drug-likeness (QED) is 0.672. The van der Waals surface area contributed by atoms with Crippen molar-refractivity contribution in [1.82, 2.24) is 9.78 Å². The zero-order chi connectivity index (χ0) is 20.3. The molecule has 0 bridgehead atoms. The molecule has 0 saturated heterocycles. The lowest BCUT2D eigenvalue weighted by molar-refractivity contribution is -0.118. The number of benzene rings is 2. The van der Waals surface area contributed by atoms with Crippen LogP contribution in [0.5, 0.6) is 5.88 Å². The van der Waals surface area contributed by atoms with Gasteiger partial charge in [-0.3, -0.25) is 4.79 Å². The molecule has 7 nitrogen and oxygen atoms in total. The summed E-state index contributed by atoms with van der Waals surface area (Å²) in [5.74, 6) is -0.0887. The van der Waals surface area contributed by atoms with Crippen LogP contribution in [0.3, 0.4) is 0 Å². The van der Waals surface area contributed by atoms with E-state index >= 15 is 0 Å². The smallest absolute Gasteiger partial charge is 0.245 e. The molecule has 2 aromatic carbocycles. The second-order valence-corrected chi connectivity index (χ2v) is 7.22. The molecule has 3 N–H and O–H groups in total. The molecule has 1 amide bonds. The number of anilines is 1. The van der Waals surface area contributed by atoms with E-state index in [0.29, 0.717) is 28.4 Å². The first-order valence-corrected chi connectivity index (χ1v) is 9.14. The topological polar surface area (TPSA) is 106 Å². The molecule has 5 rings (SSSR count). The van der Waals surface area contributed by atoms with E-state index in [0.717, 1.165) is 11.3 Å². The van der Waals surface area contributed by atoms with Crippen LogP contribution in [0.25, 0.3) is 5.69 Å². The standard InChI is InChI=1S/C22H17N5O2/c1-12-8-9-17-15(10-12)22(21(28)25-17)16(11-23)19(24)29-20-18(22)13(2)26-27(20)14-6-4-3-5-7-14/h3-10H,24H2,1-2H3,(H,25,28)/t22-/m1/s1. The van der Waals surface area contributed by atoms with Gasteiger partial charge in [0.15, 0.2) is 0 Å². The maximum atomic E-state index is 13.5. The molecular weight excluding hydrogens is 366 g/mol. The number of carbonyl (C=O) groups is 1. The predicted molar refractivity (Wildman–Crippen MR) is 106 cm³/mol. The molecule has 1 spiro atoms. The molecule has 0 saturated carbocycles. The summed E-state index contributed by atoms with van der Waals surface area (Å²) in [6.45, 7) is 3.75. The van der Waals surface area contributed by atoms with Gasteiger partial charge in [-0.25, -0.2) is 4.68 Å². The molecule has 0 unspecified atom stereocenters. The summed E-state index contributed by atoms with van der Waals surface area (Å²) in [4.78, 5) is 13.5. The monoisotopic (exact) mass is 383 g/mol. The Labute approximate surface area is 167 Å². The maximum absolute atomic E-state index is 13.5. The first kappa shape index (κ1) is 17.1. The van der Waals surface area contributed by atoms with Gasteiger partial charge in [0.25, 0.3) is 0 Å². The highest BCUT2D eigenvalue weighted by atomic mass is 16.5. The highest BCUT2D eigenvalue weighted by molar-refractivity contribution is 6.12. The van der Waals surface area contributed by atoms with Crippen LogP contribution in [0.2, 0.25) is 0 Å². The molecule has 0 radical (unpaired) electrons. The van der Waals surface area contributed by atoms with Gasteiger partial charge in [-0.05, 0) is 32.0 Å². The number of hydrogen-bond donors (Lipinski definition) is 2. The van der Waals surface area contributed by atoms with Gasteiger partial charge in [0.1, 0.15) is 17.1 Å². The normalized spacial score (nSPS) is 19.4. The number of hydrogen-bond acceptors (Lipinski definition) is 5. The molecule has 1 atom stereocenters. The number of fused-ring (bicyclic) bond motifs is 4. The van der Waals surface area contributed by atoms with Gasteiger partial charge in [-0.1, -0.05) is 35.9 Å². The molecule has 142 valence electrons. The summed E-state index contributed by atoms with van der Waals surface area (Å²) in [7, 11) is 0. The van der Waals surface area contributed by atoms with Crippen LogP contribution in [-0.4, -0.2) is 15.7 Å². The fourth-order valence-corrected chi connectivity index (χ4v) is 4.29. The average molecular weight is 383 g/mol. The number of amides is 1. The van der Waals surface area contributed by atoms with Gasteiger partial charge in [0, 0.05) is 11.3 Å². The van der Waals surface area contributed by atoms with Gasteiger partial charge in [0.05, 0.1) is 16.9 Å². The third-order valence-electron chi connectivity index (χ3n) is 5.50. The summed E-state index contributed by atoms with van der Waals surface area (Å²) < 4.78 is 7.50. The van der Waals surface area contributed by atoms with Gasteiger partial charge in [-0.2, -0.15) is 10.4 Å². The number of nitrogens with one attached hydrogen (secondary N) is 1. The van der Waals surface area contributed by atoms with Gasteiger partial charge >= 0.3 is 0 Å². The van der Waals surface area contributed by atoms with Crippen molar-refractivity contribution in [3.8, 4) is 17.6 Å². The second kappa shape index (κ2) is 5.72. The van der Waals surface area contributed by atoms with Crippen molar-refractivity contribution in [2.24, 2.45) is 5.73 Å². The number of nitrogens with two attached hydrogens (primary N) is 1. The molecule has 29 heavy (non-hydrogen) atoms. The summed E-state index contributed by atoms with van der Waals surface area (Å²) in [5, 5.41) is 17.5. The molecule has 2 aliphatic heterocycles. The Kier molecular flexibility index (Phi) is 3.37. The molecular formula is C22H17N5O2. The largest absolute Gasteiger partial charge is 0.422 e. The van der Waals surface area contributed by atoms with Crippen LogP contribution >= 0.6 is 0 Å². The number of rotatable bonds is 1. The Morgan fingerprint density at radius 1 is 1.21 bits per heavy atom. The van der Waals surface area contributed by atoms with Crippen molar-refractivity contribution >= 4 is 11.6 Å². The fourth-order valence-electron chi connectivity index (χ4n) is 4.29. The SMILES string of the molecule is Cc1ccc2c(c1)[C@@]1(C(=O)N2)C(C#N)=C(N)Oc2c1c(C)nn2-c1ccccc1. The van der Waals surface area contributed by atoms with Gasteiger partial charge < -0.3 is 15.8 Å². The summed E-state index contributed by atoms with van der Waals surface area (Å²) in [5.41, 5.74) is 9.06. The molecule has 1 aromatic heterocycles. The zero-order valence-corrected chi connectivity index (χ0v) is 15.9. The Morgan fingerprint density at radius 2 is 1.97 bits per heavy atom. The number of aromatic nitrogens is 2. The minimum Gasteiger partial charge on any atom is -0.422 e. The third-order valence-corrected chi connectivity index (χ3v) is 5.50. The zero-order valence-electron chi connectivity index (χ0n) is 15.9. The van der Waals surface area contributed by atoms with Crippen LogP contribution in [-0.2, 0) is 10.2 Å². The lowest BCUT2D eigenvalue weighted by Crippen LogP contribution is -2.42. The Bertz CT molecular complexity index is 1270. The van der Waals surface area contributed by atoms with Crippen LogP contribution in [0.15, 0.2) is 60.0 Å². The average Bonchev–Trinajstić information content (AvgIpc) is 3.18. The van der Waals surface area contributed by atoms with Crippen LogP contribution < -0.4 is 15.8 Å². The minimum absolute atomic E-state index is 0.0718. The lowest BCUT2D eigenvalue weighted by atomic mass is 9.69. The van der Waals surface area contributed by atoms with Crippen molar-refractivity contribution in [2.75, 3.05) is 5.32 Å². The van der Waals surface area contributed by atoms with Crippen molar-refractivity contribution in [2.45, 2.75) is 19.3 Å². The van der Waals surface area contributed by atoms with Crippen LogP contribution in [0, 0.1) is 25.2 Å². The Morgan fingerprint density at radius 3 is 2.69 bits per heavy atom. The summed E-state index contributed by atoms with van der Waals surface area (Å²) in [6.07, 6.45) is 0. The first-order chi connectivity index (χ1) is 14.0. The van der Waals surface area contributed by atoms with E-state index in [-0.39, 0.29) is 17.4 Å². The van der Waals surface area contributed by atoms with Crippen LogP contribution in [0.1, 0.15) is 22.4 Å². The van der Waals surface area contributed by atoms with E-state index in [1.807, 2.05) is 55.5 Å². The number of aryl methyl sites for hydroxylation is 2. The van der Waals surface area contributed by atoms with E-state index < -0.39 is 5.41 Å². The van der Waals surface area contributed by atoms with E-state index in [1.54, 1.807) is 11.6 Å². The van der Waals surface area contributed by atoms with Crippen molar-refractivity contribution < 1.29 is 9.53 Å². The van der Waals surface area contributed by atoms with Gasteiger partial charge in [-0.15, -0.1) is 0 Å². The van der Waals surface area contributed by atoms with Crippen molar-refractivity contribution in [1.29, 1.82) is 5.26 Å². The molecule has 0 fully saturated rings. The summed E-state index contributed by atoms with van der Waals surface area (Å²) >= 11 is 0. The van der Waals surface area contributed by atoms with Crippen molar-refractivity contribution in [3.05, 3.63) is 82.4 Å². The molecule has 3 heterocycles. The van der Waals surface area contributed by atoms with E-state index in [1.165, 1.54) is 0 Å².